The Morgan fingerprint density at radius 2 is 2.11 bits per heavy atom. The lowest BCUT2D eigenvalue weighted by molar-refractivity contribution is -0.119. The Labute approximate surface area is 103 Å². The zero-order valence-corrected chi connectivity index (χ0v) is 9.98. The van der Waals surface area contributed by atoms with E-state index in [-0.39, 0.29) is 17.8 Å². The van der Waals surface area contributed by atoms with Crippen molar-refractivity contribution >= 4 is 17.8 Å². The van der Waals surface area contributed by atoms with Crippen molar-refractivity contribution < 1.29 is 19.5 Å². The van der Waals surface area contributed by atoms with E-state index in [4.69, 9.17) is 10.8 Å². The summed E-state index contributed by atoms with van der Waals surface area (Å²) < 4.78 is 0. The second-order valence-corrected chi connectivity index (χ2v) is 4.41. The molecule has 18 heavy (non-hydrogen) atoms. The largest absolute Gasteiger partial charge is 0.477 e. The van der Waals surface area contributed by atoms with Crippen LogP contribution in [-0.4, -0.2) is 38.4 Å². The van der Waals surface area contributed by atoms with E-state index in [2.05, 4.69) is 15.3 Å². The molecule has 1 heterocycles. The van der Waals surface area contributed by atoms with Gasteiger partial charge in [0.1, 0.15) is 0 Å². The molecular formula is C10H14N4O4. The van der Waals surface area contributed by atoms with Crippen LogP contribution < -0.4 is 11.1 Å². The van der Waals surface area contributed by atoms with Crippen molar-refractivity contribution in [3.05, 3.63) is 17.7 Å². The molecule has 98 valence electrons. The normalized spacial score (nSPS) is 11.0. The van der Waals surface area contributed by atoms with Gasteiger partial charge in [-0.15, -0.1) is 0 Å². The maximum Gasteiger partial charge on any atom is 0.354 e. The predicted molar refractivity (Wildman–Crippen MR) is 60.9 cm³/mol. The summed E-state index contributed by atoms with van der Waals surface area (Å²) in [6.07, 6.45) is 1.05. The number of H-pyrrole nitrogens is 1. The minimum absolute atomic E-state index is 0.0639. The number of nitrogens with one attached hydrogen (secondary N) is 2. The maximum absolute atomic E-state index is 11.8. The summed E-state index contributed by atoms with van der Waals surface area (Å²) in [4.78, 5) is 39.4. The van der Waals surface area contributed by atoms with Crippen molar-refractivity contribution in [3.8, 4) is 0 Å². The number of hydrogen-bond acceptors (Lipinski definition) is 4. The number of hydrogen-bond donors (Lipinski definition) is 4. The first-order chi connectivity index (χ1) is 8.23. The first-order valence-electron chi connectivity index (χ1n) is 5.10. The number of nitrogens with zero attached hydrogens (tertiary/aromatic N) is 1. The fourth-order valence-electron chi connectivity index (χ4n) is 1.48. The lowest BCUT2D eigenvalue weighted by atomic mass is 10.00. The van der Waals surface area contributed by atoms with Crippen molar-refractivity contribution in [3.63, 3.8) is 0 Å². The highest BCUT2D eigenvalue weighted by atomic mass is 16.4. The van der Waals surface area contributed by atoms with Crippen LogP contribution in [0, 0.1) is 0 Å². The molecule has 1 aromatic rings. The number of primary amides is 1. The molecule has 0 bridgehead atoms. The highest BCUT2D eigenvalue weighted by Gasteiger charge is 2.27. The number of carboxylic acid groups (broad SMARTS) is 1. The summed E-state index contributed by atoms with van der Waals surface area (Å²) in [6, 6.07) is 0. The maximum atomic E-state index is 11.8. The third kappa shape index (κ3) is 3.30. The van der Waals surface area contributed by atoms with Gasteiger partial charge < -0.3 is 21.1 Å². The zero-order valence-electron chi connectivity index (χ0n) is 9.98. The predicted octanol–water partition coefficient (Wildman–Crippen LogP) is -0.508. The van der Waals surface area contributed by atoms with Gasteiger partial charge in [-0.2, -0.15) is 0 Å². The Kier molecular flexibility index (Phi) is 3.70. The molecule has 0 saturated heterocycles. The van der Waals surface area contributed by atoms with Crippen LogP contribution in [0.4, 0.5) is 0 Å². The molecule has 0 aromatic carbocycles. The first kappa shape index (κ1) is 13.7. The van der Waals surface area contributed by atoms with Gasteiger partial charge in [-0.3, -0.25) is 9.59 Å². The molecule has 0 aliphatic carbocycles. The molecule has 0 unspecified atom stereocenters. The number of nitrogens with two attached hydrogens (primary N) is 1. The molecule has 2 amide bonds. The van der Waals surface area contributed by atoms with Gasteiger partial charge in [0.05, 0.1) is 6.33 Å². The Morgan fingerprint density at radius 1 is 1.50 bits per heavy atom. The number of carbonyl (C=O) groups is 3. The van der Waals surface area contributed by atoms with E-state index in [1.165, 1.54) is 0 Å². The van der Waals surface area contributed by atoms with Crippen LogP contribution in [0.2, 0.25) is 0 Å². The third-order valence-electron chi connectivity index (χ3n) is 2.14. The summed E-state index contributed by atoms with van der Waals surface area (Å²) in [7, 11) is 0. The molecule has 0 saturated carbocycles. The highest BCUT2D eigenvalue weighted by Crippen LogP contribution is 2.10. The molecule has 0 spiro atoms. The van der Waals surface area contributed by atoms with Gasteiger partial charge >= 0.3 is 5.97 Å². The van der Waals surface area contributed by atoms with Crippen molar-refractivity contribution in [2.75, 3.05) is 0 Å². The summed E-state index contributed by atoms with van der Waals surface area (Å²) >= 11 is 0. The van der Waals surface area contributed by atoms with Crippen molar-refractivity contribution in [2.45, 2.75) is 25.8 Å². The van der Waals surface area contributed by atoms with Crippen molar-refractivity contribution in [2.24, 2.45) is 5.73 Å². The quantitative estimate of drug-likeness (QED) is 0.560. The number of imidazole rings is 1. The fourth-order valence-corrected chi connectivity index (χ4v) is 1.48. The molecule has 1 rings (SSSR count). The number of aromatic amines is 1. The average Bonchev–Trinajstić information content (AvgIpc) is 2.61. The number of amides is 2. The SMILES string of the molecule is CC(C)(CC(N)=O)NC(=O)c1nc[nH]c1C(=O)O. The molecule has 0 radical (unpaired) electrons. The van der Waals surface area contributed by atoms with Crippen LogP contribution in [0.15, 0.2) is 6.33 Å². The molecule has 0 aliphatic heterocycles. The molecule has 8 nitrogen and oxygen atoms in total. The van der Waals surface area contributed by atoms with Crippen LogP contribution in [0.25, 0.3) is 0 Å². The van der Waals surface area contributed by atoms with E-state index in [0.29, 0.717) is 0 Å². The van der Waals surface area contributed by atoms with Crippen molar-refractivity contribution in [1.82, 2.24) is 15.3 Å². The molecule has 0 fully saturated rings. The Hall–Kier alpha value is -2.38. The van der Waals surface area contributed by atoms with Gasteiger partial charge in [0.25, 0.3) is 5.91 Å². The van der Waals surface area contributed by atoms with Gasteiger partial charge in [-0.05, 0) is 13.8 Å². The molecular weight excluding hydrogens is 240 g/mol. The van der Waals surface area contributed by atoms with E-state index in [1.54, 1.807) is 13.8 Å². The van der Waals surface area contributed by atoms with E-state index < -0.39 is 23.3 Å². The topological polar surface area (TPSA) is 138 Å². The monoisotopic (exact) mass is 254 g/mol. The smallest absolute Gasteiger partial charge is 0.354 e. The molecule has 5 N–H and O–H groups in total. The lowest BCUT2D eigenvalue weighted by Gasteiger charge is -2.24. The second-order valence-electron chi connectivity index (χ2n) is 4.41. The minimum atomic E-state index is -1.29. The van der Waals surface area contributed by atoms with Crippen LogP contribution >= 0.6 is 0 Å². The third-order valence-corrected chi connectivity index (χ3v) is 2.14. The van der Waals surface area contributed by atoms with E-state index in [0.717, 1.165) is 6.33 Å². The highest BCUT2D eigenvalue weighted by molar-refractivity contribution is 6.02. The second kappa shape index (κ2) is 4.86. The number of rotatable bonds is 5. The molecule has 8 heteroatoms. The summed E-state index contributed by atoms with van der Waals surface area (Å²) in [5.41, 5.74) is 3.63. The molecule has 0 aliphatic rings. The van der Waals surface area contributed by atoms with E-state index >= 15 is 0 Å². The van der Waals surface area contributed by atoms with Crippen LogP contribution in [0.1, 0.15) is 41.2 Å². The Morgan fingerprint density at radius 3 is 2.61 bits per heavy atom. The van der Waals surface area contributed by atoms with Crippen LogP contribution in [0.3, 0.4) is 0 Å². The van der Waals surface area contributed by atoms with E-state index in [9.17, 15) is 14.4 Å². The zero-order chi connectivity index (χ0) is 13.9. The standard InChI is InChI=1S/C10H14N4O4/c1-10(2,3-5(11)15)14-8(16)6-7(9(17)18)13-4-12-6/h4H,3H2,1-2H3,(H2,11,15)(H,12,13)(H,14,16)(H,17,18). The number of carboxylic acids is 1. The average molecular weight is 254 g/mol. The van der Waals surface area contributed by atoms with E-state index in [1.807, 2.05) is 0 Å². The van der Waals surface area contributed by atoms with Gasteiger partial charge in [-0.25, -0.2) is 9.78 Å². The van der Waals surface area contributed by atoms with Crippen LogP contribution in [0.5, 0.6) is 0 Å². The van der Waals surface area contributed by atoms with Crippen LogP contribution in [-0.2, 0) is 4.79 Å². The Balaban J connectivity index is 2.85. The van der Waals surface area contributed by atoms with Gasteiger partial charge in [0.2, 0.25) is 5.91 Å². The number of carbonyl (C=O) groups excluding carboxylic acids is 2. The summed E-state index contributed by atoms with van der Waals surface area (Å²) in [6.45, 7) is 3.20. The van der Waals surface area contributed by atoms with Gasteiger partial charge in [0, 0.05) is 12.0 Å². The lowest BCUT2D eigenvalue weighted by Crippen LogP contribution is -2.46. The Bertz CT molecular complexity index is 492. The van der Waals surface area contributed by atoms with Gasteiger partial charge in [0.15, 0.2) is 11.4 Å². The summed E-state index contributed by atoms with van der Waals surface area (Å²) in [5.74, 6) is -2.54. The molecule has 0 atom stereocenters. The number of aromatic nitrogens is 2. The first-order valence-corrected chi connectivity index (χ1v) is 5.10. The summed E-state index contributed by atoms with van der Waals surface area (Å²) in [5, 5.41) is 11.3. The van der Waals surface area contributed by atoms with Gasteiger partial charge in [-0.1, -0.05) is 0 Å². The fraction of sp³-hybridized carbons (Fsp3) is 0.400. The molecule has 1 aromatic heterocycles. The minimum Gasteiger partial charge on any atom is -0.477 e. The number of aromatic carboxylic acids is 1. The van der Waals surface area contributed by atoms with Crippen molar-refractivity contribution in [1.29, 1.82) is 0 Å².